The molecule has 1 aliphatic rings. The third-order valence-electron chi connectivity index (χ3n) is 5.61. The van der Waals surface area contributed by atoms with E-state index in [0.29, 0.717) is 23.6 Å². The van der Waals surface area contributed by atoms with E-state index in [-0.39, 0.29) is 12.2 Å². The van der Waals surface area contributed by atoms with Crippen molar-refractivity contribution in [3.05, 3.63) is 58.7 Å². The number of hydrogen-bond acceptors (Lipinski definition) is 8. The van der Waals surface area contributed by atoms with Crippen LogP contribution < -0.4 is 16.4 Å². The number of carbonyl (C=O) groups excluding carboxylic acids is 1. The maximum Gasteiger partial charge on any atom is 0.415 e. The van der Waals surface area contributed by atoms with Crippen molar-refractivity contribution in [3.63, 3.8) is 0 Å². The van der Waals surface area contributed by atoms with Gasteiger partial charge >= 0.3 is 6.18 Å². The van der Waals surface area contributed by atoms with Crippen LogP contribution in [0.3, 0.4) is 0 Å². The molecular weight excluding hydrogens is 530 g/mol. The summed E-state index contributed by atoms with van der Waals surface area (Å²) in [6, 6.07) is 6.43. The smallest absolute Gasteiger partial charge is 0.337 e. The highest BCUT2D eigenvalue weighted by atomic mass is 35.5. The summed E-state index contributed by atoms with van der Waals surface area (Å²) >= 11 is 5.90. The summed E-state index contributed by atoms with van der Waals surface area (Å²) in [6.07, 6.45) is -4.96. The van der Waals surface area contributed by atoms with Gasteiger partial charge in [0.15, 0.2) is 15.4 Å². The van der Waals surface area contributed by atoms with Crippen molar-refractivity contribution in [2.45, 2.75) is 36.1 Å². The highest BCUT2D eigenvalue weighted by Crippen LogP contribution is 2.39. The van der Waals surface area contributed by atoms with Crippen molar-refractivity contribution >= 4 is 33.0 Å². The first-order valence-corrected chi connectivity index (χ1v) is 12.2. The SMILES string of the molecule is CC(N)(c1nc(-c2cc3c(cc2F)S(=O)(=O)C[C@H](N)C(=O)N3Cc2ccc(Cl)cc2)no1)C(F)(F)F. The number of sulfone groups is 1. The summed E-state index contributed by atoms with van der Waals surface area (Å²) in [7, 11) is -4.23. The number of halogens is 5. The van der Waals surface area contributed by atoms with Crippen molar-refractivity contribution in [2.75, 3.05) is 10.7 Å². The van der Waals surface area contributed by atoms with Crippen LogP contribution in [0.5, 0.6) is 0 Å². The Bertz CT molecular complexity index is 1440. The molecule has 0 radical (unpaired) electrons. The molecule has 1 aromatic heterocycles. The number of alkyl halides is 3. The van der Waals surface area contributed by atoms with Gasteiger partial charge in [0.05, 0.1) is 34.5 Å². The average molecular weight is 548 g/mol. The van der Waals surface area contributed by atoms with E-state index in [2.05, 4.69) is 14.7 Å². The zero-order valence-corrected chi connectivity index (χ0v) is 20.0. The van der Waals surface area contributed by atoms with Crippen molar-refractivity contribution in [1.82, 2.24) is 10.1 Å². The molecule has 0 bridgehead atoms. The fraction of sp³-hybridized carbons (Fsp3) is 0.286. The summed E-state index contributed by atoms with van der Waals surface area (Å²) in [5.74, 6) is -4.40. The predicted molar refractivity (Wildman–Crippen MR) is 120 cm³/mol. The molecule has 192 valence electrons. The van der Waals surface area contributed by atoms with E-state index in [4.69, 9.17) is 23.1 Å². The summed E-state index contributed by atoms with van der Waals surface area (Å²) in [6.45, 7) is 0.432. The second kappa shape index (κ2) is 8.80. The van der Waals surface area contributed by atoms with Crippen LogP contribution in [0.4, 0.5) is 23.2 Å². The molecule has 4 rings (SSSR count). The van der Waals surface area contributed by atoms with Gasteiger partial charge in [-0.1, -0.05) is 28.9 Å². The third kappa shape index (κ3) is 4.56. The van der Waals surface area contributed by atoms with Gasteiger partial charge in [-0.05, 0) is 36.8 Å². The molecule has 9 nitrogen and oxygen atoms in total. The Labute approximate surface area is 206 Å². The Balaban J connectivity index is 1.88. The molecule has 36 heavy (non-hydrogen) atoms. The number of anilines is 1. The van der Waals surface area contributed by atoms with Crippen molar-refractivity contribution in [1.29, 1.82) is 0 Å². The summed E-state index contributed by atoms with van der Waals surface area (Å²) in [5, 5.41) is 3.81. The van der Waals surface area contributed by atoms with Gasteiger partial charge in [-0.25, -0.2) is 12.8 Å². The standard InChI is InChI=1S/C21H18ClF4N5O4S/c1-20(28,21(24,25)26)19-29-17(30-35-19)12-6-15-16(7-13(12)23)36(33,34)9-14(27)18(32)31(15)8-10-2-4-11(22)5-3-10/h2-7,14H,8-9,27-28H2,1H3/t14-,20?/m0/s1. The minimum atomic E-state index is -4.96. The van der Waals surface area contributed by atoms with Gasteiger partial charge in [-0.2, -0.15) is 18.2 Å². The Morgan fingerprint density at radius 1 is 1.22 bits per heavy atom. The number of amides is 1. The number of aromatic nitrogens is 2. The molecule has 15 heteroatoms. The van der Waals surface area contributed by atoms with Gasteiger partial charge in [-0.15, -0.1) is 0 Å². The van der Waals surface area contributed by atoms with Gasteiger partial charge in [0.25, 0.3) is 5.89 Å². The van der Waals surface area contributed by atoms with Crippen LogP contribution >= 0.6 is 11.6 Å². The lowest BCUT2D eigenvalue weighted by atomic mass is 10.0. The normalized spacial score (nSPS) is 19.5. The van der Waals surface area contributed by atoms with E-state index in [1.54, 1.807) is 24.3 Å². The summed E-state index contributed by atoms with van der Waals surface area (Å²) in [4.78, 5) is 17.2. The lowest BCUT2D eigenvalue weighted by molar-refractivity contribution is -0.190. The van der Waals surface area contributed by atoms with Gasteiger partial charge in [-0.3, -0.25) is 4.79 Å². The summed E-state index contributed by atoms with van der Waals surface area (Å²) < 4.78 is 85.3. The second-order valence-corrected chi connectivity index (χ2v) is 10.8. The number of hydrogen-bond donors (Lipinski definition) is 2. The van der Waals surface area contributed by atoms with Gasteiger partial charge in [0.2, 0.25) is 11.7 Å². The number of rotatable bonds is 4. The van der Waals surface area contributed by atoms with Crippen LogP contribution in [0, 0.1) is 5.82 Å². The van der Waals surface area contributed by atoms with Crippen LogP contribution in [-0.4, -0.2) is 42.4 Å². The molecule has 0 spiro atoms. The predicted octanol–water partition coefficient (Wildman–Crippen LogP) is 2.91. The van der Waals surface area contributed by atoms with E-state index in [1.165, 1.54) is 0 Å². The molecule has 1 amide bonds. The average Bonchev–Trinajstić information content (AvgIpc) is 3.26. The van der Waals surface area contributed by atoms with Gasteiger partial charge < -0.3 is 20.9 Å². The third-order valence-corrected chi connectivity index (χ3v) is 7.66. The molecule has 1 aliphatic heterocycles. The van der Waals surface area contributed by atoms with Crippen molar-refractivity contribution in [2.24, 2.45) is 11.5 Å². The molecule has 2 heterocycles. The quantitative estimate of drug-likeness (QED) is 0.474. The number of nitrogens with two attached hydrogens (primary N) is 2. The Kier molecular flexibility index (Phi) is 6.35. The van der Waals surface area contributed by atoms with Crippen LogP contribution in [0.1, 0.15) is 18.4 Å². The molecule has 0 saturated heterocycles. The topological polar surface area (TPSA) is 145 Å². The van der Waals surface area contributed by atoms with Gasteiger partial charge in [0.1, 0.15) is 5.82 Å². The Morgan fingerprint density at radius 3 is 2.47 bits per heavy atom. The number of benzene rings is 2. The van der Waals surface area contributed by atoms with Crippen LogP contribution in [0.15, 0.2) is 45.8 Å². The fourth-order valence-electron chi connectivity index (χ4n) is 3.49. The number of fused-ring (bicyclic) bond motifs is 1. The maximum atomic E-state index is 15.1. The first-order valence-electron chi connectivity index (χ1n) is 10.2. The van der Waals surface area contributed by atoms with Crippen LogP contribution in [0.25, 0.3) is 11.4 Å². The lowest BCUT2D eigenvalue weighted by Gasteiger charge is -2.24. The fourth-order valence-corrected chi connectivity index (χ4v) is 5.18. The minimum Gasteiger partial charge on any atom is -0.337 e. The molecule has 3 aromatic rings. The molecule has 2 atom stereocenters. The molecule has 0 saturated carbocycles. The summed E-state index contributed by atoms with van der Waals surface area (Å²) in [5.41, 5.74) is 7.87. The number of carbonyl (C=O) groups is 1. The second-order valence-electron chi connectivity index (χ2n) is 8.36. The lowest BCUT2D eigenvalue weighted by Crippen LogP contribution is -2.48. The van der Waals surface area contributed by atoms with Crippen LogP contribution in [0.2, 0.25) is 5.02 Å². The molecule has 1 unspecified atom stereocenters. The first kappa shape index (κ1) is 26.0. The zero-order valence-electron chi connectivity index (χ0n) is 18.4. The Hall–Kier alpha value is -3.07. The van der Waals surface area contributed by atoms with Crippen molar-refractivity contribution < 1.29 is 35.3 Å². The van der Waals surface area contributed by atoms with E-state index in [0.717, 1.165) is 11.0 Å². The number of nitrogens with zero attached hydrogens (tertiary/aromatic N) is 3. The molecule has 4 N–H and O–H groups in total. The molecule has 0 aliphatic carbocycles. The highest BCUT2D eigenvalue weighted by molar-refractivity contribution is 7.91. The highest BCUT2D eigenvalue weighted by Gasteiger charge is 2.53. The molecule has 0 fully saturated rings. The maximum absolute atomic E-state index is 15.1. The first-order chi connectivity index (χ1) is 16.6. The monoisotopic (exact) mass is 547 g/mol. The molecule has 2 aromatic carbocycles. The van der Waals surface area contributed by atoms with Crippen molar-refractivity contribution in [3.8, 4) is 11.4 Å². The van der Waals surface area contributed by atoms with E-state index in [9.17, 15) is 26.4 Å². The minimum absolute atomic E-state index is 0.163. The van der Waals surface area contributed by atoms with Crippen LogP contribution in [-0.2, 0) is 26.7 Å². The Morgan fingerprint density at radius 2 is 1.86 bits per heavy atom. The zero-order chi connectivity index (χ0) is 26.6. The van der Waals surface area contributed by atoms with E-state index < -0.39 is 67.2 Å². The van der Waals surface area contributed by atoms with E-state index >= 15 is 4.39 Å². The van der Waals surface area contributed by atoms with E-state index in [1.807, 2.05) is 0 Å². The van der Waals surface area contributed by atoms with Gasteiger partial charge in [0, 0.05) is 5.02 Å². The largest absolute Gasteiger partial charge is 0.415 e. The molecular formula is C21H18ClF4N5O4S.